The van der Waals surface area contributed by atoms with E-state index in [9.17, 15) is 4.79 Å². The van der Waals surface area contributed by atoms with Crippen molar-refractivity contribution in [1.29, 1.82) is 0 Å². The van der Waals surface area contributed by atoms with Crippen LogP contribution in [0.4, 0.5) is 0 Å². The van der Waals surface area contributed by atoms with Crippen molar-refractivity contribution in [2.24, 2.45) is 5.92 Å². The lowest BCUT2D eigenvalue weighted by molar-refractivity contribution is -0.168. The highest BCUT2D eigenvalue weighted by Gasteiger charge is 2.34. The molecule has 1 N–H and O–H groups in total. The van der Waals surface area contributed by atoms with E-state index in [4.69, 9.17) is 26.0 Å². The minimum absolute atomic E-state index is 0.0640. The van der Waals surface area contributed by atoms with Crippen molar-refractivity contribution in [3.63, 3.8) is 0 Å². The summed E-state index contributed by atoms with van der Waals surface area (Å²) in [4.78, 5) is 14.7. The molecule has 0 aromatic carbocycles. The molecule has 0 unspecified atom stereocenters. The zero-order chi connectivity index (χ0) is 17.9. The molecular formula is C18H34ClNO4. The number of cyclic esters (lactones) is 1. The topological polar surface area (TPSA) is 56.8 Å². The van der Waals surface area contributed by atoms with Crippen LogP contribution in [-0.4, -0.2) is 43.5 Å². The van der Waals surface area contributed by atoms with Gasteiger partial charge in [-0.05, 0) is 50.3 Å². The first-order valence-electron chi connectivity index (χ1n) is 9.29. The molecule has 1 aliphatic heterocycles. The summed E-state index contributed by atoms with van der Waals surface area (Å²) in [5.41, 5.74) is 0. The van der Waals surface area contributed by atoms with E-state index in [1.807, 2.05) is 6.92 Å². The van der Waals surface area contributed by atoms with Crippen LogP contribution in [0.15, 0.2) is 0 Å². The molecule has 0 radical (unpaired) electrons. The fraction of sp³-hybridized carbons (Fsp3) is 0.944. The predicted molar refractivity (Wildman–Crippen MR) is 96.0 cm³/mol. The molecule has 0 saturated carbocycles. The van der Waals surface area contributed by atoms with Gasteiger partial charge in [-0.1, -0.05) is 33.6 Å². The minimum atomic E-state index is -0.473. The van der Waals surface area contributed by atoms with Crippen molar-refractivity contribution in [3.8, 4) is 0 Å². The first-order valence-corrected chi connectivity index (χ1v) is 9.67. The van der Waals surface area contributed by atoms with E-state index in [2.05, 4.69) is 25.6 Å². The monoisotopic (exact) mass is 363 g/mol. The van der Waals surface area contributed by atoms with Crippen molar-refractivity contribution in [2.45, 2.75) is 90.6 Å². The lowest BCUT2D eigenvalue weighted by Gasteiger charge is -2.31. The highest BCUT2D eigenvalue weighted by molar-refractivity contribution is 6.14. The summed E-state index contributed by atoms with van der Waals surface area (Å²) in [5.74, 6) is 0.137. The fourth-order valence-corrected chi connectivity index (χ4v) is 3.05. The van der Waals surface area contributed by atoms with E-state index in [-0.39, 0.29) is 24.3 Å². The third-order valence-electron chi connectivity index (χ3n) is 4.23. The van der Waals surface area contributed by atoms with E-state index in [1.165, 1.54) is 0 Å². The van der Waals surface area contributed by atoms with Crippen molar-refractivity contribution < 1.29 is 19.0 Å². The number of nitrogens with one attached hydrogen (secondary N) is 1. The zero-order valence-corrected chi connectivity index (χ0v) is 16.3. The fourth-order valence-electron chi connectivity index (χ4n) is 2.85. The summed E-state index contributed by atoms with van der Waals surface area (Å²) in [6, 6.07) is -0.473. The first-order chi connectivity index (χ1) is 11.5. The van der Waals surface area contributed by atoms with Gasteiger partial charge in [-0.25, -0.2) is 4.84 Å². The Morgan fingerprint density at radius 3 is 2.67 bits per heavy atom. The number of halogens is 1. The zero-order valence-electron chi connectivity index (χ0n) is 15.6. The summed E-state index contributed by atoms with van der Waals surface area (Å²) in [7, 11) is 0. The molecule has 1 aliphatic rings. The van der Waals surface area contributed by atoms with E-state index < -0.39 is 6.04 Å². The molecule has 4 atom stereocenters. The first kappa shape index (κ1) is 21.7. The highest BCUT2D eigenvalue weighted by atomic mass is 35.5. The van der Waals surface area contributed by atoms with Crippen LogP contribution in [0.3, 0.4) is 0 Å². The molecule has 1 rings (SSSR count). The van der Waals surface area contributed by atoms with E-state index in [1.54, 1.807) is 0 Å². The highest BCUT2D eigenvalue weighted by Crippen LogP contribution is 2.22. The van der Waals surface area contributed by atoms with Gasteiger partial charge < -0.3 is 14.2 Å². The SMILES string of the molecule is CCCCCO[C@H]1[C@H](C)OC(=O)[C@@H](NCl)CCC[C@@H]1OCC(C)C. The van der Waals surface area contributed by atoms with Crippen LogP contribution in [0.1, 0.15) is 66.2 Å². The second kappa shape index (κ2) is 12.1. The molecule has 5 nitrogen and oxygen atoms in total. The molecule has 1 heterocycles. The molecule has 0 aromatic rings. The second-order valence-electron chi connectivity index (χ2n) is 7.04. The van der Waals surface area contributed by atoms with E-state index >= 15 is 0 Å². The normalized spacial score (nSPS) is 29.0. The number of hydrogen-bond donors (Lipinski definition) is 1. The molecule has 1 fully saturated rings. The number of rotatable bonds is 9. The van der Waals surface area contributed by atoms with Crippen LogP contribution in [0, 0.1) is 5.92 Å². The number of carbonyl (C=O) groups excluding carboxylic acids is 1. The number of carbonyl (C=O) groups is 1. The Bertz CT molecular complexity index is 354. The molecule has 0 aromatic heterocycles. The van der Waals surface area contributed by atoms with Gasteiger partial charge in [-0.3, -0.25) is 4.79 Å². The Hall–Kier alpha value is -0.360. The maximum atomic E-state index is 12.2. The van der Waals surface area contributed by atoms with Gasteiger partial charge in [0.25, 0.3) is 0 Å². The molecule has 0 spiro atoms. The number of hydrogen-bond acceptors (Lipinski definition) is 5. The Kier molecular flexibility index (Phi) is 10.9. The third-order valence-corrected chi connectivity index (χ3v) is 4.49. The van der Waals surface area contributed by atoms with Gasteiger partial charge in [0, 0.05) is 13.2 Å². The maximum Gasteiger partial charge on any atom is 0.324 e. The smallest absolute Gasteiger partial charge is 0.324 e. The van der Waals surface area contributed by atoms with Gasteiger partial charge in [0.2, 0.25) is 0 Å². The van der Waals surface area contributed by atoms with Crippen molar-refractivity contribution in [3.05, 3.63) is 0 Å². The minimum Gasteiger partial charge on any atom is -0.459 e. The average Bonchev–Trinajstić information content (AvgIpc) is 2.59. The Morgan fingerprint density at radius 2 is 2.04 bits per heavy atom. The largest absolute Gasteiger partial charge is 0.459 e. The van der Waals surface area contributed by atoms with Gasteiger partial charge in [-0.2, -0.15) is 0 Å². The summed E-state index contributed by atoms with van der Waals surface area (Å²) < 4.78 is 17.8. The van der Waals surface area contributed by atoms with E-state index in [0.29, 0.717) is 25.6 Å². The summed E-state index contributed by atoms with van der Waals surface area (Å²) >= 11 is 5.68. The molecule has 0 bridgehead atoms. The number of esters is 1. The number of unbranched alkanes of at least 4 members (excludes halogenated alkanes) is 2. The van der Waals surface area contributed by atoms with Crippen molar-refractivity contribution in [1.82, 2.24) is 4.84 Å². The molecule has 0 aliphatic carbocycles. The summed E-state index contributed by atoms with van der Waals surface area (Å²) in [6.07, 6.45) is 4.94. The van der Waals surface area contributed by atoms with Crippen LogP contribution in [0.5, 0.6) is 0 Å². The third kappa shape index (κ3) is 7.68. The average molecular weight is 364 g/mol. The van der Waals surface area contributed by atoms with Gasteiger partial charge in [0.1, 0.15) is 18.2 Å². The Morgan fingerprint density at radius 1 is 1.29 bits per heavy atom. The van der Waals surface area contributed by atoms with E-state index in [0.717, 1.165) is 32.1 Å². The van der Waals surface area contributed by atoms with Gasteiger partial charge in [0.15, 0.2) is 0 Å². The maximum absolute atomic E-state index is 12.2. The summed E-state index contributed by atoms with van der Waals surface area (Å²) in [5, 5.41) is 0. The molecule has 1 saturated heterocycles. The Balaban J connectivity index is 2.77. The summed E-state index contributed by atoms with van der Waals surface area (Å²) in [6.45, 7) is 9.64. The Labute approximate surface area is 151 Å². The lowest BCUT2D eigenvalue weighted by Crippen LogP contribution is -2.43. The lowest BCUT2D eigenvalue weighted by atomic mass is 10.0. The molecular weight excluding hydrogens is 330 g/mol. The van der Waals surface area contributed by atoms with Crippen LogP contribution in [-0.2, 0) is 19.0 Å². The second-order valence-corrected chi connectivity index (χ2v) is 7.26. The van der Waals surface area contributed by atoms with Gasteiger partial charge in [0.05, 0.1) is 6.10 Å². The molecule has 142 valence electrons. The molecule has 0 amide bonds. The van der Waals surface area contributed by atoms with Crippen LogP contribution in [0.25, 0.3) is 0 Å². The van der Waals surface area contributed by atoms with Gasteiger partial charge in [-0.15, -0.1) is 0 Å². The van der Waals surface area contributed by atoms with Crippen LogP contribution in [0.2, 0.25) is 0 Å². The van der Waals surface area contributed by atoms with Gasteiger partial charge >= 0.3 is 5.97 Å². The predicted octanol–water partition coefficient (Wildman–Crippen LogP) is 3.83. The molecule has 24 heavy (non-hydrogen) atoms. The van der Waals surface area contributed by atoms with Crippen LogP contribution < -0.4 is 4.84 Å². The van der Waals surface area contributed by atoms with Crippen LogP contribution >= 0.6 is 11.8 Å². The van der Waals surface area contributed by atoms with Crippen molar-refractivity contribution >= 4 is 17.7 Å². The number of ether oxygens (including phenoxy) is 3. The standard InChI is InChI=1S/C18H34ClNO4/c1-5-6-7-11-22-17-14(4)24-18(21)15(20-19)9-8-10-16(17)23-12-13(2)3/h13-17,20H,5-12H2,1-4H3/t14-,15-,16-,17-/m0/s1. The van der Waals surface area contributed by atoms with Crippen molar-refractivity contribution in [2.75, 3.05) is 13.2 Å². The molecule has 6 heteroatoms. The quantitative estimate of drug-likeness (QED) is 0.383.